The molecule has 3 aliphatic rings. The number of benzene rings is 1. The summed E-state index contributed by atoms with van der Waals surface area (Å²) in [5.41, 5.74) is 4.93. The predicted octanol–water partition coefficient (Wildman–Crippen LogP) is 7.44. The Morgan fingerprint density at radius 2 is 2.00 bits per heavy atom. The van der Waals surface area contributed by atoms with Crippen LogP contribution in [0, 0.1) is 16.7 Å². The summed E-state index contributed by atoms with van der Waals surface area (Å²) in [5, 5.41) is 1.08. The van der Waals surface area contributed by atoms with Crippen molar-refractivity contribution in [3.63, 3.8) is 0 Å². The number of aryl methyl sites for hydroxylation is 1. The first kappa shape index (κ1) is 29.8. The van der Waals surface area contributed by atoms with Gasteiger partial charge in [0.1, 0.15) is 4.83 Å². The zero-order valence-corrected chi connectivity index (χ0v) is 27.2. The molecule has 8 heteroatoms. The molecule has 1 saturated carbocycles. The number of likely N-dealkylation sites (tertiary alicyclic amines) is 1. The van der Waals surface area contributed by atoms with Crippen LogP contribution < -0.4 is 4.72 Å². The number of ketones is 1. The summed E-state index contributed by atoms with van der Waals surface area (Å²) >= 11 is 1.52. The highest BCUT2D eigenvalue weighted by Gasteiger charge is 2.45. The molecule has 6 nitrogen and oxygen atoms in total. The summed E-state index contributed by atoms with van der Waals surface area (Å²) in [6.07, 6.45) is 11.0. The molecule has 0 unspecified atom stereocenters. The molecule has 1 spiro atoms. The Morgan fingerprint density at radius 3 is 2.74 bits per heavy atom. The minimum Gasteiger partial charge on any atom is -0.303 e. The van der Waals surface area contributed by atoms with E-state index in [2.05, 4.69) is 42.5 Å². The number of piperidine rings is 1. The standard InChI is InChI=1S/C34H45N3O3S2/c1-33(2,3)27-9-10-29-25(18-27)17-26-21-31(41-32(26)35-29)30(38)20-24(11-16-37-15-6-12-34(22-37)13-14-34)23-7-5-8-28(19-23)36-42(4,39)40/h5,7-8,17,19,21,24,27,36H,6,9-16,18,20,22H2,1-4H3/t24-,27-/m0/s1. The number of Topliss-reactive ketones (excluding diaryl/α,β-unsaturated/α-hetero) is 1. The number of carbonyl (C=O) groups excluding carboxylic acids is 1. The van der Waals surface area contributed by atoms with E-state index in [1.807, 2.05) is 18.2 Å². The van der Waals surface area contributed by atoms with Crippen LogP contribution in [0.15, 0.2) is 36.4 Å². The maximum absolute atomic E-state index is 13.8. The number of sulfonamides is 1. The van der Waals surface area contributed by atoms with Crippen LogP contribution in [0.1, 0.15) is 98.1 Å². The molecular formula is C34H45N3O3S2. The molecule has 42 heavy (non-hydrogen) atoms. The number of rotatable bonds is 9. The van der Waals surface area contributed by atoms with Crippen LogP contribution in [0.25, 0.3) is 10.2 Å². The molecule has 0 amide bonds. The van der Waals surface area contributed by atoms with Gasteiger partial charge in [0.05, 0.1) is 11.1 Å². The van der Waals surface area contributed by atoms with Gasteiger partial charge in [-0.2, -0.15) is 0 Å². The molecule has 0 bridgehead atoms. The normalized spacial score (nSPS) is 21.3. The average Bonchev–Trinajstić information content (AvgIpc) is 3.52. The topological polar surface area (TPSA) is 79.4 Å². The quantitative estimate of drug-likeness (QED) is 0.256. The SMILES string of the molecule is CC(C)(C)[C@H]1CCc2nc3sc(C(=O)C[C@H](CCN4CCCC5(CC5)C4)c4cccc(NS(C)(=O)=O)c4)cc3cc2C1. The molecule has 3 heterocycles. The number of hydrogen-bond donors (Lipinski definition) is 1. The van der Waals surface area contributed by atoms with Gasteiger partial charge in [0, 0.05) is 29.7 Å². The van der Waals surface area contributed by atoms with Crippen LogP contribution >= 0.6 is 11.3 Å². The van der Waals surface area contributed by atoms with Crippen molar-refractivity contribution in [2.45, 2.75) is 84.5 Å². The largest absolute Gasteiger partial charge is 0.303 e. The predicted molar refractivity (Wildman–Crippen MR) is 173 cm³/mol. The van der Waals surface area contributed by atoms with Crippen molar-refractivity contribution in [2.75, 3.05) is 30.6 Å². The second-order valence-electron chi connectivity index (χ2n) is 14.4. The minimum absolute atomic E-state index is 0.00908. The Balaban J connectivity index is 1.22. The van der Waals surface area contributed by atoms with Crippen LogP contribution in [0.2, 0.25) is 0 Å². The van der Waals surface area contributed by atoms with Gasteiger partial charge in [0.15, 0.2) is 5.78 Å². The van der Waals surface area contributed by atoms with Gasteiger partial charge < -0.3 is 4.90 Å². The van der Waals surface area contributed by atoms with Gasteiger partial charge in [-0.15, -0.1) is 11.3 Å². The summed E-state index contributed by atoms with van der Waals surface area (Å²) in [6, 6.07) is 11.9. The summed E-state index contributed by atoms with van der Waals surface area (Å²) in [5.74, 6) is 0.800. The second kappa shape index (κ2) is 11.3. The number of hydrogen-bond acceptors (Lipinski definition) is 6. The summed E-state index contributed by atoms with van der Waals surface area (Å²) in [7, 11) is -3.39. The van der Waals surface area contributed by atoms with Crippen molar-refractivity contribution >= 4 is 43.0 Å². The van der Waals surface area contributed by atoms with Crippen LogP contribution in [0.5, 0.6) is 0 Å². The number of nitrogens with zero attached hydrogens (tertiary/aromatic N) is 2. The smallest absolute Gasteiger partial charge is 0.229 e. The van der Waals surface area contributed by atoms with Gasteiger partial charge in [-0.05, 0) is 123 Å². The molecule has 1 aliphatic heterocycles. The van der Waals surface area contributed by atoms with E-state index in [0.29, 0.717) is 23.4 Å². The van der Waals surface area contributed by atoms with Gasteiger partial charge in [-0.25, -0.2) is 13.4 Å². The van der Waals surface area contributed by atoms with Gasteiger partial charge >= 0.3 is 0 Å². The lowest BCUT2D eigenvalue weighted by atomic mass is 9.71. The number of fused-ring (bicyclic) bond motifs is 2. The molecule has 2 atom stereocenters. The fourth-order valence-corrected chi connectivity index (χ4v) is 8.74. The molecule has 0 radical (unpaired) electrons. The van der Waals surface area contributed by atoms with E-state index < -0.39 is 10.0 Å². The number of anilines is 1. The third-order valence-electron chi connectivity index (χ3n) is 9.96. The monoisotopic (exact) mass is 607 g/mol. The fraction of sp³-hybridized carbons (Fsp3) is 0.588. The Bertz CT molecular complexity index is 1580. The summed E-state index contributed by atoms with van der Waals surface area (Å²) in [6.45, 7) is 10.2. The fourth-order valence-electron chi connectivity index (χ4n) is 7.21. The van der Waals surface area contributed by atoms with E-state index >= 15 is 0 Å². The van der Waals surface area contributed by atoms with Gasteiger partial charge in [0.25, 0.3) is 0 Å². The Kier molecular flexibility index (Phi) is 8.03. The molecule has 2 aromatic heterocycles. The van der Waals surface area contributed by atoms with Crippen LogP contribution in [-0.4, -0.2) is 50.0 Å². The molecular weight excluding hydrogens is 563 g/mol. The van der Waals surface area contributed by atoms with Crippen molar-refractivity contribution in [1.29, 1.82) is 0 Å². The first-order valence-corrected chi connectivity index (χ1v) is 18.3. The molecule has 1 aromatic carbocycles. The van der Waals surface area contributed by atoms with Gasteiger partial charge in [-0.1, -0.05) is 32.9 Å². The van der Waals surface area contributed by atoms with Crippen LogP contribution in [0.4, 0.5) is 5.69 Å². The van der Waals surface area contributed by atoms with Crippen molar-refractivity contribution in [3.8, 4) is 0 Å². The third kappa shape index (κ3) is 6.92. The van der Waals surface area contributed by atoms with Crippen molar-refractivity contribution < 1.29 is 13.2 Å². The van der Waals surface area contributed by atoms with Crippen molar-refractivity contribution in [2.24, 2.45) is 16.7 Å². The van der Waals surface area contributed by atoms with Crippen LogP contribution in [-0.2, 0) is 22.9 Å². The van der Waals surface area contributed by atoms with E-state index in [1.54, 1.807) is 6.07 Å². The first-order chi connectivity index (χ1) is 19.9. The van der Waals surface area contributed by atoms with E-state index in [0.717, 1.165) is 53.0 Å². The molecule has 6 rings (SSSR count). The van der Waals surface area contributed by atoms with Crippen molar-refractivity contribution in [3.05, 3.63) is 58.1 Å². The summed E-state index contributed by atoms with van der Waals surface area (Å²) < 4.78 is 26.4. The lowest BCUT2D eigenvalue weighted by molar-refractivity contribution is 0.0970. The second-order valence-corrected chi connectivity index (χ2v) is 17.2. The Hall–Kier alpha value is -2.29. The van der Waals surface area contributed by atoms with Crippen molar-refractivity contribution in [1.82, 2.24) is 9.88 Å². The number of aromatic nitrogens is 1. The highest BCUT2D eigenvalue weighted by Crippen LogP contribution is 2.52. The van der Waals surface area contributed by atoms with Crippen LogP contribution in [0.3, 0.4) is 0 Å². The van der Waals surface area contributed by atoms with E-state index in [1.165, 1.54) is 67.5 Å². The lowest BCUT2D eigenvalue weighted by Gasteiger charge is -2.34. The highest BCUT2D eigenvalue weighted by molar-refractivity contribution is 7.92. The first-order valence-electron chi connectivity index (χ1n) is 15.6. The molecule has 2 fully saturated rings. The number of nitrogens with one attached hydrogen (secondary N) is 1. The molecule has 3 aromatic rings. The zero-order valence-electron chi connectivity index (χ0n) is 25.5. The highest BCUT2D eigenvalue weighted by atomic mass is 32.2. The third-order valence-corrected chi connectivity index (χ3v) is 11.6. The number of carbonyl (C=O) groups is 1. The maximum atomic E-state index is 13.8. The van der Waals surface area contributed by atoms with E-state index in [9.17, 15) is 13.2 Å². The van der Waals surface area contributed by atoms with Gasteiger partial charge in [0.2, 0.25) is 10.0 Å². The molecule has 2 aliphatic carbocycles. The van der Waals surface area contributed by atoms with E-state index in [4.69, 9.17) is 4.98 Å². The average molecular weight is 608 g/mol. The molecule has 1 saturated heterocycles. The maximum Gasteiger partial charge on any atom is 0.229 e. The van der Waals surface area contributed by atoms with Gasteiger partial charge in [-0.3, -0.25) is 9.52 Å². The lowest BCUT2D eigenvalue weighted by Crippen LogP contribution is -2.37. The number of pyridine rings is 1. The molecule has 226 valence electrons. The Morgan fingerprint density at radius 1 is 1.19 bits per heavy atom. The molecule has 1 N–H and O–H groups in total. The Labute approximate surface area is 255 Å². The summed E-state index contributed by atoms with van der Waals surface area (Å²) in [4.78, 5) is 23.2. The zero-order chi connectivity index (χ0) is 29.7. The number of thiophene rings is 1. The minimum atomic E-state index is -3.39. The van der Waals surface area contributed by atoms with E-state index in [-0.39, 0.29) is 17.1 Å².